The van der Waals surface area contributed by atoms with Gasteiger partial charge in [-0.05, 0) is 12.1 Å². The minimum absolute atomic E-state index is 0.0972. The second kappa shape index (κ2) is 2.85. The molecule has 0 bridgehead atoms. The first-order valence-electron chi connectivity index (χ1n) is 3.69. The molecule has 1 heterocycles. The Morgan fingerprint density at radius 3 is 2.71 bits per heavy atom. The lowest BCUT2D eigenvalue weighted by Gasteiger charge is -1.93. The van der Waals surface area contributed by atoms with Crippen molar-refractivity contribution in [3.8, 4) is 10.8 Å². The van der Waals surface area contributed by atoms with E-state index in [0.29, 0.717) is 4.70 Å². The van der Waals surface area contributed by atoms with Gasteiger partial charge >= 0.3 is 5.69 Å². The Hall–Kier alpha value is -1.82. The van der Waals surface area contributed by atoms with Gasteiger partial charge in [0.25, 0.3) is 5.06 Å². The summed E-state index contributed by atoms with van der Waals surface area (Å²) >= 11 is 0.875. The van der Waals surface area contributed by atoms with Crippen molar-refractivity contribution in [2.45, 2.75) is 0 Å². The Labute approximate surface area is 82.0 Å². The fourth-order valence-electron chi connectivity index (χ4n) is 1.27. The Morgan fingerprint density at radius 2 is 2.07 bits per heavy atom. The molecular weight excluding hydrogens is 206 g/mol. The van der Waals surface area contributed by atoms with Gasteiger partial charge in [0, 0.05) is 4.70 Å². The zero-order valence-corrected chi connectivity index (χ0v) is 7.61. The maximum Gasteiger partial charge on any atom is 0.333 e. The Kier molecular flexibility index (Phi) is 1.78. The summed E-state index contributed by atoms with van der Waals surface area (Å²) in [6.07, 6.45) is 0. The number of nitrogens with zero attached hydrogens (tertiary/aromatic N) is 1. The summed E-state index contributed by atoms with van der Waals surface area (Å²) in [6, 6.07) is 4.52. The number of nitro groups is 1. The zero-order valence-electron chi connectivity index (χ0n) is 6.80. The van der Waals surface area contributed by atoms with Crippen molar-refractivity contribution in [1.29, 1.82) is 0 Å². The molecule has 72 valence electrons. The van der Waals surface area contributed by atoms with Gasteiger partial charge in [0.15, 0.2) is 0 Å². The van der Waals surface area contributed by atoms with Gasteiger partial charge in [0.1, 0.15) is 11.1 Å². The highest BCUT2D eigenvalue weighted by molar-refractivity contribution is 7.21. The molecule has 0 aliphatic heterocycles. The molecule has 14 heavy (non-hydrogen) atoms. The predicted octanol–water partition coefficient (Wildman–Crippen LogP) is 2.22. The number of thiophene rings is 1. The summed E-state index contributed by atoms with van der Waals surface area (Å²) in [5, 5.41) is 29.0. The molecule has 0 saturated heterocycles. The molecule has 1 aromatic heterocycles. The minimum atomic E-state index is -0.701. The molecule has 5 nitrogen and oxygen atoms in total. The number of fused-ring (bicyclic) bond motifs is 1. The summed E-state index contributed by atoms with van der Waals surface area (Å²) in [5.41, 5.74) is -0.428. The number of phenols is 1. The van der Waals surface area contributed by atoms with Gasteiger partial charge in [0.05, 0.1) is 4.92 Å². The van der Waals surface area contributed by atoms with Gasteiger partial charge < -0.3 is 10.2 Å². The van der Waals surface area contributed by atoms with Crippen molar-refractivity contribution in [2.24, 2.45) is 0 Å². The highest BCUT2D eigenvalue weighted by Gasteiger charge is 2.24. The molecule has 0 unspecified atom stereocenters. The quantitative estimate of drug-likeness (QED) is 0.559. The van der Waals surface area contributed by atoms with E-state index < -0.39 is 10.6 Å². The van der Waals surface area contributed by atoms with Crippen molar-refractivity contribution in [2.75, 3.05) is 0 Å². The maximum atomic E-state index is 10.6. The lowest BCUT2D eigenvalue weighted by Crippen LogP contribution is -1.85. The van der Waals surface area contributed by atoms with E-state index >= 15 is 0 Å². The van der Waals surface area contributed by atoms with Crippen LogP contribution in [0.5, 0.6) is 10.8 Å². The van der Waals surface area contributed by atoms with Crippen LogP contribution in [0, 0.1) is 10.1 Å². The number of hydrogen-bond acceptors (Lipinski definition) is 5. The van der Waals surface area contributed by atoms with Gasteiger partial charge in [-0.15, -0.1) is 0 Å². The smallest absolute Gasteiger partial charge is 0.333 e. The van der Waals surface area contributed by atoms with Crippen LogP contribution in [0.4, 0.5) is 5.69 Å². The second-order valence-electron chi connectivity index (χ2n) is 2.66. The van der Waals surface area contributed by atoms with E-state index in [4.69, 9.17) is 0 Å². The molecule has 0 radical (unpaired) electrons. The molecule has 0 amide bonds. The molecule has 0 spiro atoms. The number of phenolic OH excluding ortho intramolecular Hbond substituents is 1. The third kappa shape index (κ3) is 1.08. The van der Waals surface area contributed by atoms with Crippen molar-refractivity contribution in [3.63, 3.8) is 0 Å². The summed E-state index contributed by atoms with van der Waals surface area (Å²) in [5.74, 6) is -0.189. The highest BCUT2D eigenvalue weighted by atomic mass is 32.1. The average molecular weight is 211 g/mol. The predicted molar refractivity (Wildman–Crippen MR) is 51.8 cm³/mol. The van der Waals surface area contributed by atoms with E-state index in [2.05, 4.69) is 0 Å². The summed E-state index contributed by atoms with van der Waals surface area (Å²) < 4.78 is 0.495. The SMILES string of the molecule is O=[N+]([O-])c1c(O)sc2cccc(O)c12. The number of aromatic hydroxyl groups is 2. The molecule has 2 aromatic rings. The molecule has 0 aliphatic rings. The fourth-order valence-corrected chi connectivity index (χ4v) is 2.20. The van der Waals surface area contributed by atoms with E-state index in [-0.39, 0.29) is 16.2 Å². The summed E-state index contributed by atoms with van der Waals surface area (Å²) in [4.78, 5) is 9.89. The van der Waals surface area contributed by atoms with Crippen LogP contribution in [0.1, 0.15) is 0 Å². The van der Waals surface area contributed by atoms with Crippen molar-refractivity contribution < 1.29 is 15.1 Å². The molecule has 2 rings (SSSR count). The highest BCUT2D eigenvalue weighted by Crippen LogP contribution is 2.46. The second-order valence-corrected chi connectivity index (χ2v) is 3.69. The van der Waals surface area contributed by atoms with Crippen LogP contribution >= 0.6 is 11.3 Å². The lowest BCUT2D eigenvalue weighted by molar-refractivity contribution is -0.383. The molecular formula is C8H5NO4S. The third-order valence-corrected chi connectivity index (χ3v) is 2.78. The van der Waals surface area contributed by atoms with Crippen molar-refractivity contribution in [3.05, 3.63) is 28.3 Å². The minimum Gasteiger partial charge on any atom is -0.507 e. The van der Waals surface area contributed by atoms with E-state index in [1.54, 1.807) is 12.1 Å². The van der Waals surface area contributed by atoms with Crippen LogP contribution in [0.25, 0.3) is 10.1 Å². The normalized spacial score (nSPS) is 10.6. The third-order valence-electron chi connectivity index (χ3n) is 1.83. The van der Waals surface area contributed by atoms with E-state index in [0.717, 1.165) is 11.3 Å². The van der Waals surface area contributed by atoms with Crippen LogP contribution in [-0.2, 0) is 0 Å². The van der Waals surface area contributed by atoms with E-state index in [9.17, 15) is 20.3 Å². The number of rotatable bonds is 1. The van der Waals surface area contributed by atoms with Crippen molar-refractivity contribution >= 4 is 27.1 Å². The van der Waals surface area contributed by atoms with Gasteiger partial charge in [-0.3, -0.25) is 10.1 Å². The monoisotopic (exact) mass is 211 g/mol. The maximum absolute atomic E-state index is 10.6. The van der Waals surface area contributed by atoms with Crippen LogP contribution in [0.2, 0.25) is 0 Å². The van der Waals surface area contributed by atoms with E-state index in [1.807, 2.05) is 0 Å². The summed E-state index contributed by atoms with van der Waals surface area (Å²) in [7, 11) is 0. The molecule has 0 fully saturated rings. The Morgan fingerprint density at radius 1 is 1.36 bits per heavy atom. The van der Waals surface area contributed by atoms with Gasteiger partial charge in [-0.25, -0.2) is 0 Å². The standard InChI is InChI=1S/C8H5NO4S/c10-4-2-1-3-5-6(4)7(9(12)13)8(11)14-5/h1-3,10-11H. The molecule has 2 N–H and O–H groups in total. The first-order chi connectivity index (χ1) is 6.61. The van der Waals surface area contributed by atoms with Crippen LogP contribution in [-0.4, -0.2) is 15.1 Å². The first-order valence-corrected chi connectivity index (χ1v) is 4.50. The molecule has 0 atom stereocenters. The fraction of sp³-hybridized carbons (Fsp3) is 0. The van der Waals surface area contributed by atoms with Gasteiger partial charge in [-0.1, -0.05) is 17.4 Å². The van der Waals surface area contributed by atoms with Crippen molar-refractivity contribution in [1.82, 2.24) is 0 Å². The van der Waals surface area contributed by atoms with Gasteiger partial charge in [0.2, 0.25) is 0 Å². The number of benzene rings is 1. The molecule has 1 aromatic carbocycles. The molecule has 6 heteroatoms. The Balaban J connectivity index is 2.93. The first kappa shape index (κ1) is 8.76. The molecule has 0 saturated carbocycles. The topological polar surface area (TPSA) is 83.6 Å². The largest absolute Gasteiger partial charge is 0.507 e. The zero-order chi connectivity index (χ0) is 10.3. The lowest BCUT2D eigenvalue weighted by atomic mass is 10.2. The molecule has 0 aliphatic carbocycles. The average Bonchev–Trinajstić information content (AvgIpc) is 2.42. The number of hydrogen-bond donors (Lipinski definition) is 2. The van der Waals surface area contributed by atoms with Crippen LogP contribution < -0.4 is 0 Å². The van der Waals surface area contributed by atoms with Crippen LogP contribution in [0.15, 0.2) is 18.2 Å². The van der Waals surface area contributed by atoms with Crippen LogP contribution in [0.3, 0.4) is 0 Å². The van der Waals surface area contributed by atoms with Gasteiger partial charge in [-0.2, -0.15) is 0 Å². The van der Waals surface area contributed by atoms with E-state index in [1.165, 1.54) is 6.07 Å². The summed E-state index contributed by atoms with van der Waals surface area (Å²) in [6.45, 7) is 0. The Bertz CT molecular complexity index is 519.